The third-order valence-electron chi connectivity index (χ3n) is 3.11. The van der Waals surface area contributed by atoms with E-state index in [9.17, 15) is 14.7 Å². The van der Waals surface area contributed by atoms with Crippen LogP contribution in [0.5, 0.6) is 11.5 Å². The quantitative estimate of drug-likeness (QED) is 0.561. The van der Waals surface area contributed by atoms with E-state index in [1.54, 1.807) is 30.3 Å². The van der Waals surface area contributed by atoms with Gasteiger partial charge in [-0.15, -0.1) is 0 Å². The molecule has 130 valence electrons. The van der Waals surface area contributed by atoms with Gasteiger partial charge >= 0.3 is 0 Å². The highest BCUT2D eigenvalue weighted by Crippen LogP contribution is 2.16. The average molecular weight is 341 g/mol. The van der Waals surface area contributed by atoms with Crippen LogP contribution in [0.25, 0.3) is 0 Å². The Morgan fingerprint density at radius 3 is 2.40 bits per heavy atom. The number of nitrogens with one attached hydrogen (secondary N) is 1. The van der Waals surface area contributed by atoms with Crippen molar-refractivity contribution in [2.24, 2.45) is 5.10 Å². The SMILES string of the molecule is Cc1ccccc1OCC(=O)N/N=C\c1ccccc1OCC(=O)[O-]. The summed E-state index contributed by atoms with van der Waals surface area (Å²) in [6.45, 7) is 1.14. The van der Waals surface area contributed by atoms with E-state index in [-0.39, 0.29) is 6.61 Å². The summed E-state index contributed by atoms with van der Waals surface area (Å²) >= 11 is 0. The lowest BCUT2D eigenvalue weighted by molar-refractivity contribution is -0.307. The Bertz CT molecular complexity index is 774. The number of rotatable bonds is 8. The van der Waals surface area contributed by atoms with E-state index in [2.05, 4.69) is 10.5 Å². The molecule has 0 saturated heterocycles. The van der Waals surface area contributed by atoms with Crippen molar-refractivity contribution in [3.8, 4) is 11.5 Å². The molecule has 0 unspecified atom stereocenters. The van der Waals surface area contributed by atoms with Crippen LogP contribution < -0.4 is 20.0 Å². The van der Waals surface area contributed by atoms with Gasteiger partial charge in [-0.2, -0.15) is 5.10 Å². The summed E-state index contributed by atoms with van der Waals surface area (Å²) in [5, 5.41) is 14.3. The van der Waals surface area contributed by atoms with Gasteiger partial charge in [0.1, 0.15) is 18.1 Å². The molecule has 1 N–H and O–H groups in total. The normalized spacial score (nSPS) is 10.4. The molecular formula is C18H17N2O5-. The third kappa shape index (κ3) is 5.98. The second-order valence-electron chi connectivity index (χ2n) is 5.05. The smallest absolute Gasteiger partial charge is 0.277 e. The molecule has 7 heteroatoms. The highest BCUT2D eigenvalue weighted by molar-refractivity contribution is 5.85. The molecule has 0 radical (unpaired) electrons. The zero-order valence-electron chi connectivity index (χ0n) is 13.6. The van der Waals surface area contributed by atoms with Crippen molar-refractivity contribution in [2.45, 2.75) is 6.92 Å². The van der Waals surface area contributed by atoms with Crippen molar-refractivity contribution in [3.63, 3.8) is 0 Å². The Labute approximate surface area is 144 Å². The van der Waals surface area contributed by atoms with Crippen LogP contribution >= 0.6 is 0 Å². The number of hydrazone groups is 1. The summed E-state index contributed by atoms with van der Waals surface area (Å²) < 4.78 is 10.5. The van der Waals surface area contributed by atoms with Crippen LogP contribution in [-0.2, 0) is 9.59 Å². The van der Waals surface area contributed by atoms with Gasteiger partial charge in [-0.3, -0.25) is 4.79 Å². The highest BCUT2D eigenvalue weighted by Gasteiger charge is 2.04. The van der Waals surface area contributed by atoms with Crippen LogP contribution in [0, 0.1) is 6.92 Å². The van der Waals surface area contributed by atoms with Crippen LogP contribution in [0.4, 0.5) is 0 Å². The Kier molecular flexibility index (Phi) is 6.53. The van der Waals surface area contributed by atoms with Crippen LogP contribution in [-0.4, -0.2) is 31.3 Å². The minimum atomic E-state index is -1.33. The van der Waals surface area contributed by atoms with Gasteiger partial charge in [0.25, 0.3) is 5.91 Å². The Hall–Kier alpha value is -3.35. The second-order valence-corrected chi connectivity index (χ2v) is 5.05. The molecular weight excluding hydrogens is 324 g/mol. The number of aryl methyl sites for hydroxylation is 1. The maximum atomic E-state index is 11.8. The average Bonchev–Trinajstić information content (AvgIpc) is 2.60. The predicted molar refractivity (Wildman–Crippen MR) is 89.4 cm³/mol. The van der Waals surface area contributed by atoms with Crippen molar-refractivity contribution in [1.82, 2.24) is 5.43 Å². The van der Waals surface area contributed by atoms with Crippen molar-refractivity contribution in [1.29, 1.82) is 0 Å². The first-order valence-corrected chi connectivity index (χ1v) is 7.48. The van der Waals surface area contributed by atoms with Gasteiger partial charge in [0.05, 0.1) is 12.2 Å². The molecule has 0 fully saturated rings. The summed E-state index contributed by atoms with van der Waals surface area (Å²) in [6, 6.07) is 14.0. The number of hydrogen-bond acceptors (Lipinski definition) is 6. The summed E-state index contributed by atoms with van der Waals surface area (Å²) in [5.41, 5.74) is 3.78. The second kappa shape index (κ2) is 9.07. The van der Waals surface area contributed by atoms with E-state index in [0.717, 1.165) is 5.56 Å². The number of carboxylic acid groups (broad SMARTS) is 1. The lowest BCUT2D eigenvalue weighted by atomic mass is 10.2. The molecule has 0 atom stereocenters. The number of nitrogens with zero attached hydrogens (tertiary/aromatic N) is 1. The predicted octanol–water partition coefficient (Wildman–Crippen LogP) is 0.653. The van der Waals surface area contributed by atoms with E-state index >= 15 is 0 Å². The largest absolute Gasteiger partial charge is 0.546 e. The third-order valence-corrected chi connectivity index (χ3v) is 3.11. The fourth-order valence-electron chi connectivity index (χ4n) is 1.92. The Morgan fingerprint density at radius 2 is 1.68 bits per heavy atom. The van der Waals surface area contributed by atoms with Crippen LogP contribution in [0.3, 0.4) is 0 Å². The molecule has 2 aromatic rings. The minimum absolute atomic E-state index is 0.176. The number of carbonyl (C=O) groups is 2. The number of carbonyl (C=O) groups excluding carboxylic acids is 2. The molecule has 2 aromatic carbocycles. The van der Waals surface area contributed by atoms with Gasteiger partial charge in [-0.05, 0) is 30.7 Å². The monoisotopic (exact) mass is 341 g/mol. The first kappa shape index (κ1) is 18.0. The van der Waals surface area contributed by atoms with Gasteiger partial charge in [0.2, 0.25) is 0 Å². The minimum Gasteiger partial charge on any atom is -0.546 e. The van der Waals surface area contributed by atoms with Gasteiger partial charge in [-0.25, -0.2) is 5.43 Å². The van der Waals surface area contributed by atoms with E-state index < -0.39 is 18.5 Å². The summed E-state index contributed by atoms with van der Waals surface area (Å²) in [4.78, 5) is 22.2. The molecule has 0 aromatic heterocycles. The van der Waals surface area contributed by atoms with Gasteiger partial charge in [0, 0.05) is 5.56 Å². The van der Waals surface area contributed by atoms with Crippen molar-refractivity contribution >= 4 is 18.1 Å². The topological polar surface area (TPSA) is 100 Å². The van der Waals surface area contributed by atoms with Gasteiger partial charge in [0.15, 0.2) is 6.61 Å². The zero-order valence-corrected chi connectivity index (χ0v) is 13.6. The molecule has 25 heavy (non-hydrogen) atoms. The summed E-state index contributed by atoms with van der Waals surface area (Å²) in [7, 11) is 0. The molecule has 1 amide bonds. The Balaban J connectivity index is 1.87. The molecule has 0 aliphatic rings. The fraction of sp³-hybridized carbons (Fsp3) is 0.167. The maximum Gasteiger partial charge on any atom is 0.277 e. The first-order chi connectivity index (χ1) is 12.1. The Morgan fingerprint density at radius 1 is 1.04 bits per heavy atom. The maximum absolute atomic E-state index is 11.8. The van der Waals surface area contributed by atoms with E-state index in [0.29, 0.717) is 17.1 Å². The molecule has 7 nitrogen and oxygen atoms in total. The lowest BCUT2D eigenvalue weighted by Gasteiger charge is -2.09. The molecule has 0 aliphatic carbocycles. The molecule has 0 spiro atoms. The first-order valence-electron chi connectivity index (χ1n) is 7.48. The van der Waals surface area contributed by atoms with E-state index in [4.69, 9.17) is 9.47 Å². The molecule has 0 bridgehead atoms. The van der Waals surface area contributed by atoms with Crippen LogP contribution in [0.2, 0.25) is 0 Å². The highest BCUT2D eigenvalue weighted by atomic mass is 16.5. The number of carboxylic acids is 1. The van der Waals surface area contributed by atoms with Crippen LogP contribution in [0.15, 0.2) is 53.6 Å². The van der Waals surface area contributed by atoms with Crippen molar-refractivity contribution in [2.75, 3.05) is 13.2 Å². The lowest BCUT2D eigenvalue weighted by Crippen LogP contribution is -2.29. The molecule has 2 rings (SSSR count). The number of amides is 1. The fourth-order valence-corrected chi connectivity index (χ4v) is 1.92. The van der Waals surface area contributed by atoms with Gasteiger partial charge < -0.3 is 19.4 Å². The number of hydrogen-bond donors (Lipinski definition) is 1. The standard InChI is InChI=1S/C18H18N2O5/c1-13-6-2-4-8-15(13)24-11-17(21)20-19-10-14-7-3-5-9-16(14)25-12-18(22)23/h2-10H,11-12H2,1H3,(H,20,21)(H,22,23)/p-1/b19-10-. The number of para-hydroxylation sites is 2. The van der Waals surface area contributed by atoms with Crippen LogP contribution in [0.1, 0.15) is 11.1 Å². The summed E-state index contributed by atoms with van der Waals surface area (Å²) in [6.07, 6.45) is 1.36. The summed E-state index contributed by atoms with van der Waals surface area (Å²) in [5.74, 6) is -0.801. The zero-order chi connectivity index (χ0) is 18.1. The van der Waals surface area contributed by atoms with Gasteiger partial charge in [-0.1, -0.05) is 30.3 Å². The number of benzene rings is 2. The van der Waals surface area contributed by atoms with E-state index in [1.165, 1.54) is 6.21 Å². The number of ether oxygens (including phenoxy) is 2. The number of aliphatic carboxylic acids is 1. The van der Waals surface area contributed by atoms with E-state index in [1.807, 2.05) is 25.1 Å². The van der Waals surface area contributed by atoms with Crippen molar-refractivity contribution < 1.29 is 24.2 Å². The molecule has 0 saturated carbocycles. The van der Waals surface area contributed by atoms with Crippen molar-refractivity contribution in [3.05, 3.63) is 59.7 Å². The molecule has 0 aliphatic heterocycles. The molecule has 0 heterocycles.